The molecule has 30 heavy (non-hydrogen) atoms. The molecule has 7 heteroatoms. The first kappa shape index (κ1) is 20.6. The summed E-state index contributed by atoms with van der Waals surface area (Å²) in [6.45, 7) is 6.45. The van der Waals surface area contributed by atoms with E-state index in [9.17, 15) is 9.59 Å². The maximum absolute atomic E-state index is 12.2. The zero-order valence-electron chi connectivity index (χ0n) is 17.4. The van der Waals surface area contributed by atoms with E-state index < -0.39 is 0 Å². The Hall–Kier alpha value is -2.67. The average Bonchev–Trinajstić information content (AvgIpc) is 2.74. The number of pyridine rings is 1. The summed E-state index contributed by atoms with van der Waals surface area (Å²) >= 11 is 5.68. The molecule has 4 rings (SSSR count). The van der Waals surface area contributed by atoms with Crippen molar-refractivity contribution in [3.8, 4) is 0 Å². The van der Waals surface area contributed by atoms with Gasteiger partial charge < -0.3 is 20.1 Å². The van der Waals surface area contributed by atoms with E-state index in [1.165, 1.54) is 0 Å². The molecule has 1 saturated heterocycles. The SMILES string of the molecule is CCC(C)NC(=O)c1ccc(NC(=S)N2CC3CC(C2)c2cccc(=O)n2C3)cc1. The van der Waals surface area contributed by atoms with Crippen LogP contribution in [0.1, 0.15) is 48.7 Å². The van der Waals surface area contributed by atoms with E-state index >= 15 is 0 Å². The monoisotopic (exact) mass is 424 g/mol. The molecule has 6 nitrogen and oxygen atoms in total. The number of hydrogen-bond donors (Lipinski definition) is 2. The van der Waals surface area contributed by atoms with Crippen molar-refractivity contribution in [2.75, 3.05) is 18.4 Å². The standard InChI is InChI=1S/C23H28N4O2S/c1-3-15(2)24-22(29)17-7-9-19(10-8-17)25-23(30)26-12-16-11-18(14-26)20-5-4-6-21(28)27(20)13-16/h4-10,15-16,18H,3,11-14H2,1-2H3,(H,24,29)(H,25,30). The minimum atomic E-state index is -0.0590. The second-order valence-electron chi connectivity index (χ2n) is 8.39. The molecule has 1 aromatic carbocycles. The van der Waals surface area contributed by atoms with Gasteiger partial charge in [-0.05, 0) is 68.2 Å². The molecule has 3 unspecified atom stereocenters. The lowest BCUT2D eigenvalue weighted by molar-refractivity contribution is 0.0939. The van der Waals surface area contributed by atoms with Gasteiger partial charge in [0.05, 0.1) is 0 Å². The number of piperidine rings is 1. The summed E-state index contributed by atoms with van der Waals surface area (Å²) in [5, 5.41) is 6.97. The molecule has 1 amide bonds. The molecular formula is C23H28N4O2S. The lowest BCUT2D eigenvalue weighted by Crippen LogP contribution is -2.50. The first-order chi connectivity index (χ1) is 14.4. The maximum atomic E-state index is 12.2. The van der Waals surface area contributed by atoms with Gasteiger partial charge >= 0.3 is 0 Å². The van der Waals surface area contributed by atoms with E-state index in [4.69, 9.17) is 12.2 Å². The van der Waals surface area contributed by atoms with Crippen molar-refractivity contribution in [2.24, 2.45) is 5.92 Å². The van der Waals surface area contributed by atoms with Crippen molar-refractivity contribution >= 4 is 28.9 Å². The van der Waals surface area contributed by atoms with E-state index in [1.54, 1.807) is 6.07 Å². The van der Waals surface area contributed by atoms with Gasteiger partial charge in [-0.25, -0.2) is 0 Å². The van der Waals surface area contributed by atoms with Crippen molar-refractivity contribution < 1.29 is 4.79 Å². The molecule has 2 aromatic rings. The molecule has 1 aromatic heterocycles. The van der Waals surface area contributed by atoms with Crippen LogP contribution in [0.5, 0.6) is 0 Å². The maximum Gasteiger partial charge on any atom is 0.251 e. The molecule has 3 atom stereocenters. The fourth-order valence-electron chi connectivity index (χ4n) is 4.38. The highest BCUT2D eigenvalue weighted by Crippen LogP contribution is 2.35. The van der Waals surface area contributed by atoms with Crippen LogP contribution >= 0.6 is 12.2 Å². The number of carbonyl (C=O) groups excluding carboxylic acids is 1. The topological polar surface area (TPSA) is 66.4 Å². The average molecular weight is 425 g/mol. The van der Waals surface area contributed by atoms with Crippen molar-refractivity contribution in [3.63, 3.8) is 0 Å². The number of likely N-dealkylation sites (tertiary alicyclic amines) is 1. The molecule has 2 bridgehead atoms. The van der Waals surface area contributed by atoms with Crippen LogP contribution in [0.25, 0.3) is 0 Å². The van der Waals surface area contributed by atoms with Crippen LogP contribution in [0.15, 0.2) is 47.3 Å². The van der Waals surface area contributed by atoms with Gasteiger partial charge in [0, 0.05) is 54.6 Å². The number of nitrogens with one attached hydrogen (secondary N) is 2. The number of benzene rings is 1. The largest absolute Gasteiger partial charge is 0.350 e. The lowest BCUT2D eigenvalue weighted by atomic mass is 9.83. The number of anilines is 1. The summed E-state index contributed by atoms with van der Waals surface area (Å²) < 4.78 is 1.93. The van der Waals surface area contributed by atoms with E-state index in [2.05, 4.69) is 21.6 Å². The van der Waals surface area contributed by atoms with Gasteiger partial charge in [-0.3, -0.25) is 9.59 Å². The van der Waals surface area contributed by atoms with Gasteiger partial charge in [-0.2, -0.15) is 0 Å². The van der Waals surface area contributed by atoms with Crippen LogP contribution < -0.4 is 16.2 Å². The number of thiocarbonyl (C=S) groups is 1. The Morgan fingerprint density at radius 2 is 1.93 bits per heavy atom. The van der Waals surface area contributed by atoms with Crippen LogP contribution in [0.2, 0.25) is 0 Å². The zero-order valence-corrected chi connectivity index (χ0v) is 18.2. The Bertz CT molecular complexity index is 1000. The number of aromatic nitrogens is 1. The normalized spacial score (nSPS) is 20.8. The smallest absolute Gasteiger partial charge is 0.251 e. The van der Waals surface area contributed by atoms with Gasteiger partial charge in [0.1, 0.15) is 0 Å². The molecular weight excluding hydrogens is 396 g/mol. The molecule has 0 radical (unpaired) electrons. The highest BCUT2D eigenvalue weighted by atomic mass is 32.1. The van der Waals surface area contributed by atoms with E-state index in [0.29, 0.717) is 22.5 Å². The first-order valence-corrected chi connectivity index (χ1v) is 11.0. The summed E-state index contributed by atoms with van der Waals surface area (Å²) in [7, 11) is 0. The van der Waals surface area contributed by atoms with Crippen molar-refractivity contribution in [3.05, 3.63) is 64.1 Å². The van der Waals surface area contributed by atoms with Crippen LogP contribution in [0.4, 0.5) is 5.69 Å². The summed E-state index contributed by atoms with van der Waals surface area (Å²) in [4.78, 5) is 26.6. The van der Waals surface area contributed by atoms with Gasteiger partial charge in [0.15, 0.2) is 5.11 Å². The summed E-state index contributed by atoms with van der Waals surface area (Å²) in [6.07, 6.45) is 2.00. The second kappa shape index (κ2) is 8.60. The Morgan fingerprint density at radius 3 is 2.67 bits per heavy atom. The molecule has 0 saturated carbocycles. The highest BCUT2D eigenvalue weighted by Gasteiger charge is 2.35. The van der Waals surface area contributed by atoms with Crippen LogP contribution in [0.3, 0.4) is 0 Å². The third-order valence-electron chi connectivity index (χ3n) is 6.16. The quantitative estimate of drug-likeness (QED) is 0.738. The first-order valence-electron chi connectivity index (χ1n) is 10.6. The fourth-order valence-corrected chi connectivity index (χ4v) is 4.65. The Labute approximate surface area is 182 Å². The number of nitrogens with zero attached hydrogens (tertiary/aromatic N) is 2. The third-order valence-corrected chi connectivity index (χ3v) is 6.52. The van der Waals surface area contributed by atoms with E-state index in [-0.39, 0.29) is 17.5 Å². The molecule has 1 fully saturated rings. The fraction of sp³-hybridized carbons (Fsp3) is 0.435. The number of amides is 1. The predicted octanol–water partition coefficient (Wildman–Crippen LogP) is 3.19. The minimum Gasteiger partial charge on any atom is -0.350 e. The number of hydrogen-bond acceptors (Lipinski definition) is 3. The van der Waals surface area contributed by atoms with Gasteiger partial charge in [0.25, 0.3) is 11.5 Å². The van der Waals surface area contributed by atoms with Crippen LogP contribution in [0, 0.1) is 5.92 Å². The summed E-state index contributed by atoms with van der Waals surface area (Å²) in [5.74, 6) is 0.678. The van der Waals surface area contributed by atoms with Crippen LogP contribution in [-0.2, 0) is 6.54 Å². The summed E-state index contributed by atoms with van der Waals surface area (Å²) in [5.41, 5.74) is 2.71. The molecule has 2 N–H and O–H groups in total. The summed E-state index contributed by atoms with van der Waals surface area (Å²) in [6, 6.07) is 13.1. The van der Waals surface area contributed by atoms with Crippen molar-refractivity contribution in [1.82, 2.24) is 14.8 Å². The molecule has 158 valence electrons. The second-order valence-corrected chi connectivity index (χ2v) is 8.78. The number of rotatable bonds is 4. The molecule has 3 heterocycles. The predicted molar refractivity (Wildman–Crippen MR) is 123 cm³/mol. The third kappa shape index (κ3) is 4.26. The lowest BCUT2D eigenvalue weighted by Gasteiger charge is -2.43. The van der Waals surface area contributed by atoms with Crippen molar-refractivity contribution in [2.45, 2.75) is 45.2 Å². The zero-order chi connectivity index (χ0) is 21.3. The minimum absolute atomic E-state index is 0.0590. The Morgan fingerprint density at radius 1 is 1.17 bits per heavy atom. The molecule has 2 aliphatic rings. The Kier molecular flexibility index (Phi) is 5.90. The van der Waals surface area contributed by atoms with Crippen molar-refractivity contribution in [1.29, 1.82) is 0 Å². The number of fused-ring (bicyclic) bond motifs is 4. The molecule has 0 spiro atoms. The Balaban J connectivity index is 1.40. The molecule has 2 aliphatic heterocycles. The highest BCUT2D eigenvalue weighted by molar-refractivity contribution is 7.80. The van der Waals surface area contributed by atoms with Gasteiger partial charge in [-0.1, -0.05) is 13.0 Å². The van der Waals surface area contributed by atoms with E-state index in [0.717, 1.165) is 43.9 Å². The van der Waals surface area contributed by atoms with E-state index in [1.807, 2.05) is 48.7 Å². The van der Waals surface area contributed by atoms with Crippen LogP contribution in [-0.4, -0.2) is 39.6 Å². The van der Waals surface area contributed by atoms with Gasteiger partial charge in [-0.15, -0.1) is 0 Å². The van der Waals surface area contributed by atoms with Gasteiger partial charge in [0.2, 0.25) is 0 Å². The number of carbonyl (C=O) groups is 1. The molecule has 0 aliphatic carbocycles.